The molecule has 0 spiro atoms. The highest BCUT2D eigenvalue weighted by Crippen LogP contribution is 2.29. The molecular weight excluding hydrogens is 318 g/mol. The predicted molar refractivity (Wildman–Crippen MR) is 94.8 cm³/mol. The number of nitrogens with zero attached hydrogens (tertiary/aromatic N) is 2. The third-order valence-corrected chi connectivity index (χ3v) is 4.96. The topological polar surface area (TPSA) is 75.9 Å². The number of carbonyl (C=O) groups excluding carboxylic acids is 2. The second-order valence-electron chi connectivity index (χ2n) is 6.86. The molecule has 0 unspecified atom stereocenters. The molecule has 1 saturated carbocycles. The maximum Gasteiger partial charge on any atom is 0.410 e. The highest BCUT2D eigenvalue weighted by Gasteiger charge is 2.37. The molecule has 1 aliphatic heterocycles. The van der Waals surface area contributed by atoms with E-state index in [4.69, 9.17) is 10.5 Å². The van der Waals surface area contributed by atoms with Gasteiger partial charge in [-0.1, -0.05) is 30.3 Å². The maximum absolute atomic E-state index is 12.6. The number of ether oxygens (including phenoxy) is 1. The van der Waals surface area contributed by atoms with Crippen molar-refractivity contribution in [2.24, 2.45) is 5.73 Å². The molecule has 1 heterocycles. The van der Waals surface area contributed by atoms with Crippen LogP contribution in [0.3, 0.4) is 0 Å². The second kappa shape index (κ2) is 8.34. The highest BCUT2D eigenvalue weighted by molar-refractivity contribution is 5.78. The van der Waals surface area contributed by atoms with Gasteiger partial charge in [0.25, 0.3) is 0 Å². The monoisotopic (exact) mass is 345 g/mol. The van der Waals surface area contributed by atoms with Gasteiger partial charge in [0.05, 0.1) is 6.54 Å². The van der Waals surface area contributed by atoms with Crippen molar-refractivity contribution in [3.8, 4) is 0 Å². The predicted octanol–water partition coefficient (Wildman–Crippen LogP) is 2.13. The van der Waals surface area contributed by atoms with E-state index in [9.17, 15) is 9.59 Å². The van der Waals surface area contributed by atoms with Gasteiger partial charge in [-0.2, -0.15) is 0 Å². The third kappa shape index (κ3) is 4.72. The average molecular weight is 345 g/mol. The molecule has 1 aromatic rings. The summed E-state index contributed by atoms with van der Waals surface area (Å²) < 4.78 is 5.51. The molecule has 136 valence electrons. The van der Waals surface area contributed by atoms with Crippen LogP contribution >= 0.6 is 0 Å². The molecule has 3 rings (SSSR count). The van der Waals surface area contributed by atoms with Crippen molar-refractivity contribution in [3.05, 3.63) is 35.9 Å². The maximum atomic E-state index is 12.6. The average Bonchev–Trinajstić information content (AvgIpc) is 3.49. The van der Waals surface area contributed by atoms with Crippen molar-refractivity contribution in [2.75, 3.05) is 19.6 Å². The molecule has 2 N–H and O–H groups in total. The summed E-state index contributed by atoms with van der Waals surface area (Å²) in [5.74, 6) is -0.0295. The van der Waals surface area contributed by atoms with Crippen molar-refractivity contribution in [1.29, 1.82) is 0 Å². The molecule has 0 radical (unpaired) electrons. The molecule has 1 aromatic carbocycles. The lowest BCUT2D eigenvalue weighted by Gasteiger charge is -2.38. The van der Waals surface area contributed by atoms with E-state index >= 15 is 0 Å². The number of nitrogens with two attached hydrogens (primary N) is 1. The van der Waals surface area contributed by atoms with Crippen molar-refractivity contribution in [3.63, 3.8) is 0 Å². The van der Waals surface area contributed by atoms with Crippen molar-refractivity contribution in [1.82, 2.24) is 9.80 Å². The van der Waals surface area contributed by atoms with E-state index in [1.807, 2.05) is 40.1 Å². The number of hydrogen-bond acceptors (Lipinski definition) is 4. The minimum Gasteiger partial charge on any atom is -0.445 e. The van der Waals surface area contributed by atoms with E-state index in [1.54, 1.807) is 0 Å². The summed E-state index contributed by atoms with van der Waals surface area (Å²) >= 11 is 0. The zero-order chi connectivity index (χ0) is 17.6. The Kier molecular flexibility index (Phi) is 5.91. The summed E-state index contributed by atoms with van der Waals surface area (Å²) in [6, 6.07) is 9.98. The van der Waals surface area contributed by atoms with Gasteiger partial charge in [0.2, 0.25) is 5.91 Å². The number of likely N-dealkylation sites (tertiary alicyclic amines) is 1. The molecule has 1 saturated heterocycles. The molecular formula is C19H27N3O3. The first-order chi connectivity index (χ1) is 12.2. The quantitative estimate of drug-likeness (QED) is 0.857. The van der Waals surface area contributed by atoms with Crippen LogP contribution in [-0.4, -0.2) is 53.5 Å². The van der Waals surface area contributed by atoms with Crippen LogP contribution < -0.4 is 5.73 Å². The fraction of sp³-hybridized carbons (Fsp3) is 0.579. The van der Waals surface area contributed by atoms with Gasteiger partial charge in [0.15, 0.2) is 0 Å². The SMILES string of the molecule is NCC(=O)N1CCCC[C@@H]1CN(C(=O)OCc1ccccc1)C1CC1. The van der Waals surface area contributed by atoms with Crippen LogP contribution in [0.15, 0.2) is 30.3 Å². The molecule has 25 heavy (non-hydrogen) atoms. The Bertz CT molecular complexity index is 589. The van der Waals surface area contributed by atoms with Gasteiger partial charge in [0, 0.05) is 25.2 Å². The summed E-state index contributed by atoms with van der Waals surface area (Å²) in [5.41, 5.74) is 6.52. The molecule has 0 bridgehead atoms. The van der Waals surface area contributed by atoms with E-state index in [1.165, 1.54) is 0 Å². The highest BCUT2D eigenvalue weighted by atomic mass is 16.6. The largest absolute Gasteiger partial charge is 0.445 e. The Morgan fingerprint density at radius 1 is 1.16 bits per heavy atom. The standard InChI is InChI=1S/C19H27N3O3/c20-12-18(23)21-11-5-4-8-17(21)13-22(16-9-10-16)19(24)25-14-15-6-2-1-3-7-15/h1-3,6-7,16-17H,4-5,8-14,20H2/t17-/m1/s1. The summed E-state index contributed by atoms with van der Waals surface area (Å²) in [6.07, 6.45) is 4.74. The van der Waals surface area contributed by atoms with Gasteiger partial charge in [-0.3, -0.25) is 4.79 Å². The Balaban J connectivity index is 1.60. The molecule has 1 atom stereocenters. The first-order valence-electron chi connectivity index (χ1n) is 9.16. The van der Waals surface area contributed by atoms with Crippen LogP contribution in [0, 0.1) is 0 Å². The minimum atomic E-state index is -0.280. The molecule has 2 aliphatic rings. The van der Waals surface area contributed by atoms with Crippen LogP contribution in [0.5, 0.6) is 0 Å². The molecule has 0 aromatic heterocycles. The second-order valence-corrected chi connectivity index (χ2v) is 6.86. The number of rotatable bonds is 6. The smallest absolute Gasteiger partial charge is 0.410 e. The fourth-order valence-electron chi connectivity index (χ4n) is 3.42. The number of piperidine rings is 1. The Morgan fingerprint density at radius 3 is 2.60 bits per heavy atom. The van der Waals surface area contributed by atoms with E-state index < -0.39 is 0 Å². The first kappa shape index (κ1) is 17.7. The van der Waals surface area contributed by atoms with Crippen LogP contribution in [0.1, 0.15) is 37.7 Å². The lowest BCUT2D eigenvalue weighted by atomic mass is 10.0. The summed E-state index contributed by atoms with van der Waals surface area (Å²) in [5, 5.41) is 0. The number of hydrogen-bond donors (Lipinski definition) is 1. The van der Waals surface area contributed by atoms with Crippen molar-refractivity contribution in [2.45, 2.75) is 50.8 Å². The van der Waals surface area contributed by atoms with E-state index in [0.717, 1.165) is 44.2 Å². The number of carbonyl (C=O) groups is 2. The minimum absolute atomic E-state index is 0.0262. The lowest BCUT2D eigenvalue weighted by Crippen LogP contribution is -2.52. The third-order valence-electron chi connectivity index (χ3n) is 4.96. The van der Waals surface area contributed by atoms with Crippen LogP contribution in [0.25, 0.3) is 0 Å². The van der Waals surface area contributed by atoms with Crippen LogP contribution in [0.2, 0.25) is 0 Å². The Morgan fingerprint density at radius 2 is 1.92 bits per heavy atom. The van der Waals surface area contributed by atoms with Gasteiger partial charge in [-0.05, 0) is 37.7 Å². The molecule has 2 amide bonds. The Hall–Kier alpha value is -2.08. The molecule has 6 nitrogen and oxygen atoms in total. The molecule has 1 aliphatic carbocycles. The zero-order valence-corrected chi connectivity index (χ0v) is 14.6. The zero-order valence-electron chi connectivity index (χ0n) is 14.6. The Labute approximate surface area is 148 Å². The van der Waals surface area contributed by atoms with E-state index in [0.29, 0.717) is 6.54 Å². The summed E-state index contributed by atoms with van der Waals surface area (Å²) in [7, 11) is 0. The molecule has 2 fully saturated rings. The van der Waals surface area contributed by atoms with Crippen LogP contribution in [0.4, 0.5) is 4.79 Å². The number of amides is 2. The van der Waals surface area contributed by atoms with E-state index in [2.05, 4.69) is 0 Å². The van der Waals surface area contributed by atoms with Gasteiger partial charge in [0.1, 0.15) is 6.61 Å². The molecule has 6 heteroatoms. The van der Waals surface area contributed by atoms with Crippen LogP contribution in [-0.2, 0) is 16.1 Å². The van der Waals surface area contributed by atoms with Gasteiger partial charge in [-0.25, -0.2) is 4.79 Å². The fourth-order valence-corrected chi connectivity index (χ4v) is 3.42. The van der Waals surface area contributed by atoms with Crippen molar-refractivity contribution < 1.29 is 14.3 Å². The summed E-state index contributed by atoms with van der Waals surface area (Å²) in [4.78, 5) is 28.4. The summed E-state index contributed by atoms with van der Waals surface area (Å²) in [6.45, 7) is 1.58. The normalized spacial score (nSPS) is 20.2. The first-order valence-corrected chi connectivity index (χ1v) is 9.16. The van der Waals surface area contributed by atoms with Gasteiger partial charge >= 0.3 is 6.09 Å². The van der Waals surface area contributed by atoms with E-state index in [-0.39, 0.29) is 37.2 Å². The lowest BCUT2D eigenvalue weighted by molar-refractivity contribution is -0.133. The van der Waals surface area contributed by atoms with Gasteiger partial charge in [-0.15, -0.1) is 0 Å². The van der Waals surface area contributed by atoms with Gasteiger partial charge < -0.3 is 20.3 Å². The van der Waals surface area contributed by atoms with Crippen molar-refractivity contribution >= 4 is 12.0 Å². The number of benzene rings is 1.